The Bertz CT molecular complexity index is 853. The Hall–Kier alpha value is -3.01. The molecule has 1 amide bonds. The van der Waals surface area contributed by atoms with Crippen LogP contribution in [0.25, 0.3) is 10.8 Å². The number of amides is 1. The normalized spacial score (nSPS) is 11.8. The summed E-state index contributed by atoms with van der Waals surface area (Å²) in [7, 11) is 1.63. The summed E-state index contributed by atoms with van der Waals surface area (Å²) in [5.74, 6) is 1.36. The minimum atomic E-state index is -0.580. The molecule has 128 valence electrons. The maximum atomic E-state index is 12.3. The predicted octanol–water partition coefficient (Wildman–Crippen LogP) is 3.93. The van der Waals surface area contributed by atoms with Gasteiger partial charge in [-0.05, 0) is 36.1 Å². The molecule has 25 heavy (non-hydrogen) atoms. The largest absolute Gasteiger partial charge is 0.497 e. The second-order valence-corrected chi connectivity index (χ2v) is 5.80. The molecule has 4 nitrogen and oxygen atoms in total. The topological polar surface area (TPSA) is 47.6 Å². The van der Waals surface area contributed by atoms with Gasteiger partial charge in [-0.2, -0.15) is 0 Å². The Labute approximate surface area is 147 Å². The van der Waals surface area contributed by atoms with E-state index in [1.807, 2.05) is 66.7 Å². The molecule has 0 aliphatic heterocycles. The van der Waals surface area contributed by atoms with E-state index in [0.717, 1.165) is 22.1 Å². The van der Waals surface area contributed by atoms with Crippen molar-refractivity contribution in [1.29, 1.82) is 0 Å². The van der Waals surface area contributed by atoms with Gasteiger partial charge in [-0.25, -0.2) is 0 Å². The average molecular weight is 335 g/mol. The highest BCUT2D eigenvalue weighted by molar-refractivity contribution is 5.89. The number of fused-ring (bicyclic) bond motifs is 1. The first-order chi connectivity index (χ1) is 12.2. The molecule has 0 aromatic heterocycles. The lowest BCUT2D eigenvalue weighted by atomic mass is 10.1. The van der Waals surface area contributed by atoms with Crippen molar-refractivity contribution < 1.29 is 14.3 Å². The first-order valence-electron chi connectivity index (χ1n) is 8.22. The Kier molecular flexibility index (Phi) is 5.19. The zero-order valence-electron chi connectivity index (χ0n) is 14.4. The number of ether oxygens (including phenoxy) is 2. The van der Waals surface area contributed by atoms with Crippen molar-refractivity contribution in [2.75, 3.05) is 7.11 Å². The van der Waals surface area contributed by atoms with Crippen LogP contribution in [0, 0.1) is 0 Å². The molecule has 0 fully saturated rings. The second kappa shape index (κ2) is 7.71. The number of hydrogen-bond donors (Lipinski definition) is 1. The van der Waals surface area contributed by atoms with Crippen LogP contribution in [-0.2, 0) is 11.3 Å². The standard InChI is InChI=1S/C21H21NO3/c1-15(21(23)22-14-16-10-12-18(24-2)13-11-16)25-20-9-5-7-17-6-3-4-8-19(17)20/h3-13,15H,14H2,1-2H3,(H,22,23)/t15-/m0/s1. The summed E-state index contributed by atoms with van der Waals surface area (Å²) < 4.78 is 11.0. The van der Waals surface area contributed by atoms with E-state index in [4.69, 9.17) is 9.47 Å². The van der Waals surface area contributed by atoms with Gasteiger partial charge in [-0.1, -0.05) is 48.5 Å². The molecule has 0 aliphatic rings. The van der Waals surface area contributed by atoms with Gasteiger partial charge in [0.15, 0.2) is 6.10 Å². The summed E-state index contributed by atoms with van der Waals surface area (Å²) in [6.07, 6.45) is -0.580. The van der Waals surface area contributed by atoms with E-state index in [-0.39, 0.29) is 5.91 Å². The molecular weight excluding hydrogens is 314 g/mol. The number of benzene rings is 3. The number of rotatable bonds is 6. The number of methoxy groups -OCH3 is 1. The molecule has 4 heteroatoms. The first kappa shape index (κ1) is 16.8. The summed E-state index contributed by atoms with van der Waals surface area (Å²) in [4.78, 5) is 12.3. The Morgan fingerprint density at radius 2 is 1.72 bits per heavy atom. The van der Waals surface area contributed by atoms with Crippen molar-refractivity contribution in [2.45, 2.75) is 19.6 Å². The van der Waals surface area contributed by atoms with E-state index in [1.165, 1.54) is 0 Å². The van der Waals surface area contributed by atoms with Gasteiger partial charge in [0.25, 0.3) is 5.91 Å². The second-order valence-electron chi connectivity index (χ2n) is 5.80. The monoisotopic (exact) mass is 335 g/mol. The van der Waals surface area contributed by atoms with Crippen molar-refractivity contribution in [1.82, 2.24) is 5.32 Å². The lowest BCUT2D eigenvalue weighted by Crippen LogP contribution is -2.35. The molecule has 1 atom stereocenters. The van der Waals surface area contributed by atoms with Crippen molar-refractivity contribution in [3.8, 4) is 11.5 Å². The van der Waals surface area contributed by atoms with Crippen molar-refractivity contribution >= 4 is 16.7 Å². The van der Waals surface area contributed by atoms with Crippen molar-refractivity contribution in [2.24, 2.45) is 0 Å². The van der Waals surface area contributed by atoms with E-state index in [9.17, 15) is 4.79 Å². The highest BCUT2D eigenvalue weighted by Gasteiger charge is 2.15. The van der Waals surface area contributed by atoms with Gasteiger partial charge in [-0.3, -0.25) is 4.79 Å². The van der Waals surface area contributed by atoms with Crippen molar-refractivity contribution in [3.05, 3.63) is 72.3 Å². The maximum absolute atomic E-state index is 12.3. The van der Waals surface area contributed by atoms with Gasteiger partial charge in [-0.15, -0.1) is 0 Å². The number of carbonyl (C=O) groups excluding carboxylic acids is 1. The summed E-state index contributed by atoms with van der Waals surface area (Å²) in [6, 6.07) is 21.4. The number of hydrogen-bond acceptors (Lipinski definition) is 3. The van der Waals surface area contributed by atoms with Crippen molar-refractivity contribution in [3.63, 3.8) is 0 Å². The van der Waals surface area contributed by atoms with E-state index >= 15 is 0 Å². The minimum absolute atomic E-state index is 0.149. The van der Waals surface area contributed by atoms with Crippen LogP contribution in [0.2, 0.25) is 0 Å². The third kappa shape index (κ3) is 4.10. The van der Waals surface area contributed by atoms with Crippen LogP contribution < -0.4 is 14.8 Å². The zero-order valence-corrected chi connectivity index (χ0v) is 14.4. The van der Waals surface area contributed by atoms with Crippen LogP contribution in [0.1, 0.15) is 12.5 Å². The Morgan fingerprint density at radius 1 is 1.00 bits per heavy atom. The van der Waals surface area contributed by atoms with Gasteiger partial charge in [0, 0.05) is 11.9 Å². The highest BCUT2D eigenvalue weighted by atomic mass is 16.5. The van der Waals surface area contributed by atoms with Gasteiger partial charge >= 0.3 is 0 Å². The molecular formula is C21H21NO3. The van der Waals surface area contributed by atoms with E-state index in [2.05, 4.69) is 5.32 Å². The third-order valence-electron chi connectivity index (χ3n) is 4.05. The van der Waals surface area contributed by atoms with Gasteiger partial charge in [0.05, 0.1) is 7.11 Å². The predicted molar refractivity (Wildman–Crippen MR) is 98.9 cm³/mol. The average Bonchev–Trinajstić information content (AvgIpc) is 2.66. The summed E-state index contributed by atoms with van der Waals surface area (Å²) in [5.41, 5.74) is 1.01. The van der Waals surface area contributed by atoms with E-state index < -0.39 is 6.10 Å². The van der Waals surface area contributed by atoms with Gasteiger partial charge in [0.1, 0.15) is 11.5 Å². The fourth-order valence-corrected chi connectivity index (χ4v) is 2.62. The fraction of sp³-hybridized carbons (Fsp3) is 0.190. The lowest BCUT2D eigenvalue weighted by Gasteiger charge is -2.16. The van der Waals surface area contributed by atoms with Gasteiger partial charge in [0.2, 0.25) is 0 Å². The molecule has 0 saturated carbocycles. The Balaban J connectivity index is 1.62. The lowest BCUT2D eigenvalue weighted by molar-refractivity contribution is -0.127. The SMILES string of the molecule is COc1ccc(CNC(=O)[C@H](C)Oc2cccc3ccccc23)cc1. The summed E-state index contributed by atoms with van der Waals surface area (Å²) in [6.45, 7) is 2.21. The number of carbonyl (C=O) groups is 1. The molecule has 0 saturated heterocycles. The van der Waals surface area contributed by atoms with Crippen LogP contribution in [0.4, 0.5) is 0 Å². The third-order valence-corrected chi connectivity index (χ3v) is 4.05. The molecule has 0 bridgehead atoms. The quantitative estimate of drug-likeness (QED) is 0.742. The van der Waals surface area contributed by atoms with Crippen LogP contribution >= 0.6 is 0 Å². The summed E-state index contributed by atoms with van der Waals surface area (Å²) in [5, 5.41) is 4.99. The number of nitrogens with one attached hydrogen (secondary N) is 1. The molecule has 3 aromatic carbocycles. The fourth-order valence-electron chi connectivity index (χ4n) is 2.62. The first-order valence-corrected chi connectivity index (χ1v) is 8.22. The smallest absolute Gasteiger partial charge is 0.261 e. The molecule has 0 radical (unpaired) electrons. The van der Waals surface area contributed by atoms with Crippen LogP contribution in [-0.4, -0.2) is 19.1 Å². The maximum Gasteiger partial charge on any atom is 0.261 e. The molecule has 3 rings (SSSR count). The highest BCUT2D eigenvalue weighted by Crippen LogP contribution is 2.26. The van der Waals surface area contributed by atoms with E-state index in [0.29, 0.717) is 12.3 Å². The van der Waals surface area contributed by atoms with Crippen LogP contribution in [0.5, 0.6) is 11.5 Å². The van der Waals surface area contributed by atoms with Gasteiger partial charge < -0.3 is 14.8 Å². The Morgan fingerprint density at radius 3 is 2.48 bits per heavy atom. The minimum Gasteiger partial charge on any atom is -0.497 e. The van der Waals surface area contributed by atoms with Crippen LogP contribution in [0.15, 0.2) is 66.7 Å². The molecule has 0 unspecified atom stereocenters. The van der Waals surface area contributed by atoms with E-state index in [1.54, 1.807) is 14.0 Å². The molecule has 0 spiro atoms. The van der Waals surface area contributed by atoms with Crippen LogP contribution in [0.3, 0.4) is 0 Å². The zero-order chi connectivity index (χ0) is 17.6. The molecule has 0 heterocycles. The molecule has 3 aromatic rings. The molecule has 1 N–H and O–H groups in total. The molecule has 0 aliphatic carbocycles. The summed E-state index contributed by atoms with van der Waals surface area (Å²) >= 11 is 0.